The van der Waals surface area contributed by atoms with Crippen molar-refractivity contribution in [2.75, 3.05) is 0 Å². The Morgan fingerprint density at radius 2 is 1.79 bits per heavy atom. The predicted octanol–water partition coefficient (Wildman–Crippen LogP) is 4.58. The normalized spacial score (nSPS) is 21.2. The van der Waals surface area contributed by atoms with Crippen LogP contribution in [0.2, 0.25) is 0 Å². The van der Waals surface area contributed by atoms with E-state index in [1.54, 1.807) is 17.8 Å². The Balaban J connectivity index is 2.03. The standard InChI is InChI=1S/C17H16OS/c1-17(2)11-13(18)10-16-14(17)8-9-15(19-16)12-6-4-3-5-7-12/h3-10H,11H2,1-2H3. The molecule has 3 rings (SSSR count). The van der Waals surface area contributed by atoms with Crippen molar-refractivity contribution in [1.29, 1.82) is 0 Å². The Hall–Kier alpha value is -1.54. The number of hydrogen-bond donors (Lipinski definition) is 0. The number of rotatable bonds is 1. The van der Waals surface area contributed by atoms with Crippen LogP contribution in [0.5, 0.6) is 0 Å². The van der Waals surface area contributed by atoms with Crippen molar-refractivity contribution in [2.45, 2.75) is 20.3 Å². The molecule has 1 aromatic rings. The molecule has 2 heteroatoms. The lowest BCUT2D eigenvalue weighted by Crippen LogP contribution is -2.24. The maximum atomic E-state index is 11.8. The minimum atomic E-state index is -0.0487. The third-order valence-electron chi connectivity index (χ3n) is 3.58. The van der Waals surface area contributed by atoms with Crippen molar-refractivity contribution < 1.29 is 4.79 Å². The van der Waals surface area contributed by atoms with Crippen molar-refractivity contribution in [3.63, 3.8) is 0 Å². The number of hydrogen-bond acceptors (Lipinski definition) is 2. The Morgan fingerprint density at radius 1 is 1.05 bits per heavy atom. The lowest BCUT2D eigenvalue weighted by molar-refractivity contribution is -0.116. The average Bonchev–Trinajstić information content (AvgIpc) is 2.38. The van der Waals surface area contributed by atoms with Gasteiger partial charge >= 0.3 is 0 Å². The highest BCUT2D eigenvalue weighted by Crippen LogP contribution is 2.50. The molecular formula is C17H16OS. The van der Waals surface area contributed by atoms with E-state index < -0.39 is 0 Å². The molecule has 1 aromatic carbocycles. The molecule has 96 valence electrons. The topological polar surface area (TPSA) is 17.1 Å². The second kappa shape index (κ2) is 4.53. The number of ketones is 1. The van der Waals surface area contributed by atoms with E-state index in [0.29, 0.717) is 6.42 Å². The second-order valence-corrected chi connectivity index (χ2v) is 6.70. The van der Waals surface area contributed by atoms with E-state index in [1.807, 2.05) is 18.2 Å². The van der Waals surface area contributed by atoms with Crippen LogP contribution >= 0.6 is 11.8 Å². The van der Waals surface area contributed by atoms with Gasteiger partial charge in [-0.15, -0.1) is 0 Å². The van der Waals surface area contributed by atoms with Gasteiger partial charge in [0.05, 0.1) is 0 Å². The smallest absolute Gasteiger partial charge is 0.157 e. The summed E-state index contributed by atoms with van der Waals surface area (Å²) in [5, 5.41) is 0. The van der Waals surface area contributed by atoms with Gasteiger partial charge < -0.3 is 0 Å². The van der Waals surface area contributed by atoms with E-state index >= 15 is 0 Å². The molecule has 0 unspecified atom stereocenters. The van der Waals surface area contributed by atoms with Crippen molar-refractivity contribution >= 4 is 22.5 Å². The quantitative estimate of drug-likeness (QED) is 0.741. The number of carbonyl (C=O) groups is 1. The zero-order valence-corrected chi connectivity index (χ0v) is 12.0. The Kier molecular flexibility index (Phi) is 2.98. The minimum Gasteiger partial charge on any atom is -0.295 e. The molecule has 0 N–H and O–H groups in total. The highest BCUT2D eigenvalue weighted by atomic mass is 32.2. The fourth-order valence-electron chi connectivity index (χ4n) is 2.60. The Morgan fingerprint density at radius 3 is 2.53 bits per heavy atom. The van der Waals surface area contributed by atoms with Crippen LogP contribution in [0.1, 0.15) is 25.8 Å². The van der Waals surface area contributed by atoms with Crippen LogP contribution in [0.25, 0.3) is 4.91 Å². The molecule has 0 amide bonds. The van der Waals surface area contributed by atoms with Crippen LogP contribution in [-0.4, -0.2) is 5.78 Å². The lowest BCUT2D eigenvalue weighted by atomic mass is 9.75. The van der Waals surface area contributed by atoms with Gasteiger partial charge in [-0.25, -0.2) is 0 Å². The van der Waals surface area contributed by atoms with Gasteiger partial charge in [-0.2, -0.15) is 0 Å². The first-order valence-corrected chi connectivity index (χ1v) is 7.28. The van der Waals surface area contributed by atoms with Crippen LogP contribution in [0.15, 0.2) is 59.0 Å². The largest absolute Gasteiger partial charge is 0.295 e. The molecule has 0 spiro atoms. The molecule has 0 saturated heterocycles. The summed E-state index contributed by atoms with van der Waals surface area (Å²) in [6.07, 6.45) is 6.76. The lowest BCUT2D eigenvalue weighted by Gasteiger charge is -2.34. The summed E-state index contributed by atoms with van der Waals surface area (Å²) in [6, 6.07) is 10.3. The summed E-state index contributed by atoms with van der Waals surface area (Å²) < 4.78 is 0. The van der Waals surface area contributed by atoms with Gasteiger partial charge in [0.2, 0.25) is 0 Å². The Labute approximate surface area is 118 Å². The molecule has 0 bridgehead atoms. The molecule has 1 aliphatic carbocycles. The monoisotopic (exact) mass is 268 g/mol. The summed E-state index contributed by atoms with van der Waals surface area (Å²) in [6.45, 7) is 4.29. The highest BCUT2D eigenvalue weighted by molar-refractivity contribution is 8.12. The summed E-state index contributed by atoms with van der Waals surface area (Å²) >= 11 is 1.71. The van der Waals surface area contributed by atoms with Crippen LogP contribution in [-0.2, 0) is 4.79 Å². The summed E-state index contributed by atoms with van der Waals surface area (Å²) in [5.41, 5.74) is 2.45. The van der Waals surface area contributed by atoms with Crippen molar-refractivity contribution in [3.8, 4) is 0 Å². The number of thioether (sulfide) groups is 1. The van der Waals surface area contributed by atoms with E-state index in [9.17, 15) is 4.79 Å². The first-order chi connectivity index (χ1) is 9.06. The minimum absolute atomic E-state index is 0.0487. The van der Waals surface area contributed by atoms with Gasteiger partial charge in [0.15, 0.2) is 5.78 Å². The number of benzene rings is 1. The third kappa shape index (κ3) is 2.33. The molecule has 1 aliphatic heterocycles. The van der Waals surface area contributed by atoms with E-state index in [1.165, 1.54) is 16.0 Å². The van der Waals surface area contributed by atoms with E-state index in [4.69, 9.17) is 0 Å². The molecule has 2 aliphatic rings. The summed E-state index contributed by atoms with van der Waals surface area (Å²) in [4.78, 5) is 14.2. The predicted molar refractivity (Wildman–Crippen MR) is 81.6 cm³/mol. The number of carbonyl (C=O) groups excluding carboxylic acids is 1. The van der Waals surface area contributed by atoms with Crippen LogP contribution in [0.4, 0.5) is 0 Å². The Bertz CT molecular complexity index is 618. The summed E-state index contributed by atoms with van der Waals surface area (Å²) in [5.74, 6) is 0.235. The molecule has 1 nitrogen and oxygen atoms in total. The molecule has 0 aromatic heterocycles. The first kappa shape index (κ1) is 12.5. The van der Waals surface area contributed by atoms with Crippen molar-refractivity contribution in [1.82, 2.24) is 0 Å². The van der Waals surface area contributed by atoms with Gasteiger partial charge in [0.1, 0.15) is 0 Å². The maximum absolute atomic E-state index is 11.8. The van der Waals surface area contributed by atoms with E-state index in [0.717, 1.165) is 4.91 Å². The maximum Gasteiger partial charge on any atom is 0.157 e. The van der Waals surface area contributed by atoms with Gasteiger partial charge in [-0.1, -0.05) is 62.0 Å². The van der Waals surface area contributed by atoms with Crippen LogP contribution in [0.3, 0.4) is 0 Å². The number of allylic oxidation sites excluding steroid dienone is 4. The number of fused-ring (bicyclic) bond motifs is 1. The van der Waals surface area contributed by atoms with Gasteiger partial charge in [-0.3, -0.25) is 4.79 Å². The molecule has 0 fully saturated rings. The van der Waals surface area contributed by atoms with Crippen LogP contribution in [0, 0.1) is 5.41 Å². The SMILES string of the molecule is CC1(C)CC(=O)C=C2SC(c3ccccc3)=CC=C21. The zero-order chi connectivity index (χ0) is 13.5. The summed E-state index contributed by atoms with van der Waals surface area (Å²) in [7, 11) is 0. The van der Waals surface area contributed by atoms with Gasteiger partial charge in [0, 0.05) is 16.2 Å². The average molecular weight is 268 g/mol. The van der Waals surface area contributed by atoms with Gasteiger partial charge in [0.25, 0.3) is 0 Å². The molecule has 0 radical (unpaired) electrons. The van der Waals surface area contributed by atoms with Crippen molar-refractivity contribution in [2.24, 2.45) is 5.41 Å². The molecule has 0 saturated carbocycles. The van der Waals surface area contributed by atoms with Crippen LogP contribution < -0.4 is 0 Å². The van der Waals surface area contributed by atoms with Gasteiger partial charge in [-0.05, 0) is 28.7 Å². The fourth-order valence-corrected chi connectivity index (χ4v) is 3.87. The molecule has 19 heavy (non-hydrogen) atoms. The second-order valence-electron chi connectivity index (χ2n) is 5.61. The molecular weight excluding hydrogens is 252 g/mol. The first-order valence-electron chi connectivity index (χ1n) is 6.47. The third-order valence-corrected chi connectivity index (χ3v) is 4.73. The fraction of sp³-hybridized carbons (Fsp3) is 0.235. The van der Waals surface area contributed by atoms with E-state index in [-0.39, 0.29) is 11.2 Å². The van der Waals surface area contributed by atoms with Crippen molar-refractivity contribution in [3.05, 3.63) is 64.6 Å². The zero-order valence-electron chi connectivity index (χ0n) is 11.1. The molecule has 0 atom stereocenters. The van der Waals surface area contributed by atoms with E-state index in [2.05, 4.69) is 38.1 Å². The highest BCUT2D eigenvalue weighted by Gasteiger charge is 2.34. The molecule has 1 heterocycles.